The molecule has 1 N–H and O–H groups in total. The Labute approximate surface area is 127 Å². The average molecular weight is 309 g/mol. The van der Waals surface area contributed by atoms with Crippen molar-refractivity contribution in [2.45, 2.75) is 36.5 Å². The zero-order chi connectivity index (χ0) is 13.9. The zero-order valence-corrected chi connectivity index (χ0v) is 13.4. The van der Waals surface area contributed by atoms with Gasteiger partial charge in [-0.1, -0.05) is 6.92 Å². The third-order valence-corrected chi connectivity index (χ3v) is 5.94. The maximum atomic E-state index is 5.43. The van der Waals surface area contributed by atoms with Crippen LogP contribution in [0.25, 0.3) is 10.2 Å². The van der Waals surface area contributed by atoms with Crippen LogP contribution in [-0.2, 0) is 11.2 Å². The lowest BCUT2D eigenvalue weighted by molar-refractivity contribution is 0.1000. The summed E-state index contributed by atoms with van der Waals surface area (Å²) in [6.07, 6.45) is 3.27. The Balaban J connectivity index is 1.95. The van der Waals surface area contributed by atoms with E-state index in [0.717, 1.165) is 48.3 Å². The Morgan fingerprint density at radius 3 is 2.90 bits per heavy atom. The Bertz CT molecular complexity index is 593. The highest BCUT2D eigenvalue weighted by Gasteiger charge is 2.19. The molecule has 3 heterocycles. The number of hydrogen-bond donors (Lipinski definition) is 1. The molecule has 4 nitrogen and oxygen atoms in total. The van der Waals surface area contributed by atoms with E-state index in [9.17, 15) is 0 Å². The first kappa shape index (κ1) is 14.1. The van der Waals surface area contributed by atoms with Crippen molar-refractivity contribution in [2.24, 2.45) is 0 Å². The number of anilines is 1. The Morgan fingerprint density at radius 2 is 2.20 bits per heavy atom. The van der Waals surface area contributed by atoms with Gasteiger partial charge in [-0.05, 0) is 25.3 Å². The van der Waals surface area contributed by atoms with Crippen molar-refractivity contribution in [1.29, 1.82) is 0 Å². The molecule has 0 spiro atoms. The molecule has 0 bridgehead atoms. The van der Waals surface area contributed by atoms with Gasteiger partial charge in [-0.15, -0.1) is 23.1 Å². The molecule has 0 aliphatic carbocycles. The van der Waals surface area contributed by atoms with E-state index in [1.807, 2.05) is 18.8 Å². The third kappa shape index (κ3) is 2.92. The van der Waals surface area contributed by atoms with Crippen LogP contribution in [0.15, 0.2) is 11.1 Å². The lowest BCUT2D eigenvalue weighted by atomic mass is 10.2. The molecule has 3 rings (SSSR count). The molecule has 1 aliphatic rings. The molecule has 0 amide bonds. The van der Waals surface area contributed by atoms with Crippen LogP contribution in [0.5, 0.6) is 0 Å². The highest BCUT2D eigenvalue weighted by atomic mass is 32.2. The van der Waals surface area contributed by atoms with Crippen molar-refractivity contribution in [2.75, 3.05) is 25.6 Å². The number of ether oxygens (including phenoxy) is 1. The fourth-order valence-electron chi connectivity index (χ4n) is 2.27. The molecule has 108 valence electrons. The Hall–Kier alpha value is -0.850. The molecular weight excluding hydrogens is 290 g/mol. The van der Waals surface area contributed by atoms with Crippen molar-refractivity contribution in [3.63, 3.8) is 0 Å². The number of rotatable bonds is 4. The summed E-state index contributed by atoms with van der Waals surface area (Å²) in [4.78, 5) is 11.7. The molecular formula is C14H19N3OS2. The van der Waals surface area contributed by atoms with E-state index < -0.39 is 0 Å². The molecule has 0 radical (unpaired) electrons. The summed E-state index contributed by atoms with van der Waals surface area (Å²) >= 11 is 3.66. The average Bonchev–Trinajstić information content (AvgIpc) is 2.91. The van der Waals surface area contributed by atoms with E-state index in [1.165, 1.54) is 10.3 Å². The van der Waals surface area contributed by atoms with Gasteiger partial charge in [0.25, 0.3) is 0 Å². The smallest absolute Gasteiger partial charge is 0.224 e. The number of thiophene rings is 1. The molecule has 0 atom stereocenters. The molecule has 20 heavy (non-hydrogen) atoms. The molecule has 0 saturated carbocycles. The van der Waals surface area contributed by atoms with E-state index in [-0.39, 0.29) is 0 Å². The van der Waals surface area contributed by atoms with Gasteiger partial charge in [-0.3, -0.25) is 0 Å². The fourth-order valence-corrected chi connectivity index (χ4v) is 4.47. The predicted octanol–water partition coefficient (Wildman–Crippen LogP) is 3.57. The van der Waals surface area contributed by atoms with Crippen LogP contribution in [-0.4, -0.2) is 35.5 Å². The first-order valence-corrected chi connectivity index (χ1v) is 8.72. The maximum Gasteiger partial charge on any atom is 0.224 e. The molecule has 1 aliphatic heterocycles. The van der Waals surface area contributed by atoms with Crippen LogP contribution >= 0.6 is 23.1 Å². The molecule has 1 saturated heterocycles. The van der Waals surface area contributed by atoms with E-state index in [1.54, 1.807) is 11.3 Å². The Kier molecular flexibility index (Phi) is 4.43. The minimum atomic E-state index is 0.608. The van der Waals surface area contributed by atoms with Gasteiger partial charge in [0.05, 0.1) is 0 Å². The molecule has 0 aromatic carbocycles. The first-order chi connectivity index (χ1) is 9.80. The van der Waals surface area contributed by atoms with Gasteiger partial charge in [0, 0.05) is 35.8 Å². The summed E-state index contributed by atoms with van der Waals surface area (Å²) in [6, 6.07) is 2.25. The van der Waals surface area contributed by atoms with Gasteiger partial charge in [0.2, 0.25) is 5.95 Å². The van der Waals surface area contributed by atoms with Crippen molar-refractivity contribution < 1.29 is 4.74 Å². The summed E-state index contributed by atoms with van der Waals surface area (Å²) in [6.45, 7) is 3.92. The van der Waals surface area contributed by atoms with Crippen LogP contribution in [0.2, 0.25) is 0 Å². The normalized spacial score (nSPS) is 16.7. The summed E-state index contributed by atoms with van der Waals surface area (Å²) in [7, 11) is 1.87. The molecule has 2 aromatic heterocycles. The van der Waals surface area contributed by atoms with Gasteiger partial charge in [-0.2, -0.15) is 0 Å². The molecule has 6 heteroatoms. The summed E-state index contributed by atoms with van der Waals surface area (Å²) in [5.41, 5.74) is 0. The van der Waals surface area contributed by atoms with E-state index in [4.69, 9.17) is 4.74 Å². The number of aryl methyl sites for hydroxylation is 1. The second-order valence-electron chi connectivity index (χ2n) is 4.82. The van der Waals surface area contributed by atoms with Gasteiger partial charge >= 0.3 is 0 Å². The monoisotopic (exact) mass is 309 g/mol. The number of thioether (sulfide) groups is 1. The van der Waals surface area contributed by atoms with E-state index in [2.05, 4.69) is 28.3 Å². The van der Waals surface area contributed by atoms with Crippen LogP contribution in [0.4, 0.5) is 5.95 Å². The van der Waals surface area contributed by atoms with Crippen molar-refractivity contribution in [1.82, 2.24) is 9.97 Å². The highest BCUT2D eigenvalue weighted by molar-refractivity contribution is 8.00. The van der Waals surface area contributed by atoms with Crippen LogP contribution in [0.1, 0.15) is 24.6 Å². The van der Waals surface area contributed by atoms with Crippen molar-refractivity contribution in [3.05, 3.63) is 10.9 Å². The van der Waals surface area contributed by atoms with E-state index >= 15 is 0 Å². The van der Waals surface area contributed by atoms with Crippen LogP contribution in [0.3, 0.4) is 0 Å². The molecule has 0 unspecified atom stereocenters. The fraction of sp³-hybridized carbons (Fsp3) is 0.571. The van der Waals surface area contributed by atoms with Gasteiger partial charge in [0.15, 0.2) is 0 Å². The summed E-state index contributed by atoms with van der Waals surface area (Å²) in [5.74, 6) is 0.719. The van der Waals surface area contributed by atoms with E-state index in [0.29, 0.717) is 5.25 Å². The Morgan fingerprint density at radius 1 is 1.40 bits per heavy atom. The summed E-state index contributed by atoms with van der Waals surface area (Å²) < 4.78 is 5.43. The van der Waals surface area contributed by atoms with Crippen LogP contribution in [0, 0.1) is 0 Å². The number of nitrogens with one attached hydrogen (secondary N) is 1. The van der Waals surface area contributed by atoms with Crippen molar-refractivity contribution in [3.8, 4) is 0 Å². The predicted molar refractivity (Wildman–Crippen MR) is 86.0 cm³/mol. The number of nitrogens with zero attached hydrogens (tertiary/aromatic N) is 2. The zero-order valence-electron chi connectivity index (χ0n) is 11.8. The second kappa shape index (κ2) is 6.28. The largest absolute Gasteiger partial charge is 0.381 e. The third-order valence-electron chi connectivity index (χ3n) is 3.43. The SMILES string of the molecule is CCc1cc2c(SC3CCOCC3)nc(NC)nc2s1. The second-order valence-corrected chi connectivity index (χ2v) is 7.22. The minimum absolute atomic E-state index is 0.608. The first-order valence-electron chi connectivity index (χ1n) is 7.02. The standard InChI is InChI=1S/C14H19N3OS2/c1-3-9-8-11-12(19-9)16-14(15-2)17-13(11)20-10-4-6-18-7-5-10/h8,10H,3-7H2,1-2H3,(H,15,16,17). The summed E-state index contributed by atoms with van der Waals surface area (Å²) in [5, 5.41) is 6.00. The maximum absolute atomic E-state index is 5.43. The lowest BCUT2D eigenvalue weighted by Crippen LogP contribution is -2.17. The molecule has 1 fully saturated rings. The topological polar surface area (TPSA) is 47.0 Å². The quantitative estimate of drug-likeness (QED) is 0.875. The highest BCUT2D eigenvalue weighted by Crippen LogP contribution is 2.36. The van der Waals surface area contributed by atoms with Crippen LogP contribution < -0.4 is 5.32 Å². The van der Waals surface area contributed by atoms with Gasteiger partial charge < -0.3 is 10.1 Å². The number of fused-ring (bicyclic) bond motifs is 1. The van der Waals surface area contributed by atoms with Gasteiger partial charge in [0.1, 0.15) is 9.86 Å². The minimum Gasteiger partial charge on any atom is -0.381 e. The lowest BCUT2D eigenvalue weighted by Gasteiger charge is -2.21. The van der Waals surface area contributed by atoms with Gasteiger partial charge in [-0.25, -0.2) is 9.97 Å². The number of hydrogen-bond acceptors (Lipinski definition) is 6. The number of aromatic nitrogens is 2. The van der Waals surface area contributed by atoms with Crippen molar-refractivity contribution >= 4 is 39.3 Å². The molecule has 2 aromatic rings.